The van der Waals surface area contributed by atoms with Gasteiger partial charge in [0.15, 0.2) is 5.78 Å². The molecule has 1 aromatic heterocycles. The van der Waals surface area contributed by atoms with Gasteiger partial charge >= 0.3 is 0 Å². The molecule has 0 fully saturated rings. The lowest BCUT2D eigenvalue weighted by atomic mass is 10.0. The van der Waals surface area contributed by atoms with Crippen LogP contribution in [0.4, 0.5) is 5.69 Å². The summed E-state index contributed by atoms with van der Waals surface area (Å²) in [6.45, 7) is 1.76. The van der Waals surface area contributed by atoms with Crippen LogP contribution in [0.3, 0.4) is 0 Å². The third-order valence-electron chi connectivity index (χ3n) is 2.86. The number of rotatable bonds is 5. The van der Waals surface area contributed by atoms with Crippen LogP contribution in [-0.2, 0) is 10.0 Å². The van der Waals surface area contributed by atoms with E-state index < -0.39 is 10.0 Å². The van der Waals surface area contributed by atoms with E-state index in [0.29, 0.717) is 32.9 Å². The SMILES string of the molecule is COc1cc(C(=O)c2cc(Br)cc(NS(C)(=O)=O)c2)cc(C)n1. The topological polar surface area (TPSA) is 85.4 Å². The molecule has 23 heavy (non-hydrogen) atoms. The van der Waals surface area contributed by atoms with Crippen LogP contribution in [0.15, 0.2) is 34.8 Å². The van der Waals surface area contributed by atoms with Gasteiger partial charge in [0, 0.05) is 27.4 Å². The number of benzene rings is 1. The van der Waals surface area contributed by atoms with Crippen LogP contribution in [0.5, 0.6) is 5.88 Å². The molecule has 8 heteroatoms. The lowest BCUT2D eigenvalue weighted by molar-refractivity contribution is 0.103. The van der Waals surface area contributed by atoms with Crippen LogP contribution in [0.2, 0.25) is 0 Å². The number of methoxy groups -OCH3 is 1. The number of nitrogens with zero attached hydrogens (tertiary/aromatic N) is 1. The zero-order valence-corrected chi connectivity index (χ0v) is 15.2. The fraction of sp³-hybridized carbons (Fsp3) is 0.200. The van der Waals surface area contributed by atoms with Crippen molar-refractivity contribution in [1.82, 2.24) is 4.98 Å². The summed E-state index contributed by atoms with van der Waals surface area (Å²) in [6, 6.07) is 7.87. The van der Waals surface area contributed by atoms with Crippen molar-refractivity contribution < 1.29 is 17.9 Å². The third kappa shape index (κ3) is 4.77. The predicted molar refractivity (Wildman–Crippen MR) is 91.6 cm³/mol. The highest BCUT2D eigenvalue weighted by Gasteiger charge is 2.14. The third-order valence-corrected chi connectivity index (χ3v) is 3.93. The summed E-state index contributed by atoms with van der Waals surface area (Å²) < 4.78 is 30.7. The van der Waals surface area contributed by atoms with E-state index in [9.17, 15) is 13.2 Å². The molecule has 2 rings (SSSR count). The molecule has 0 spiro atoms. The molecule has 6 nitrogen and oxygen atoms in total. The predicted octanol–water partition coefficient (Wildman–Crippen LogP) is 2.76. The average molecular weight is 399 g/mol. The van der Waals surface area contributed by atoms with Gasteiger partial charge in [-0.3, -0.25) is 9.52 Å². The van der Waals surface area contributed by atoms with Gasteiger partial charge in [-0.15, -0.1) is 0 Å². The Labute approximate surface area is 143 Å². The Morgan fingerprint density at radius 3 is 2.43 bits per heavy atom. The monoisotopic (exact) mass is 398 g/mol. The first-order chi connectivity index (χ1) is 10.7. The maximum atomic E-state index is 12.7. The second kappa shape index (κ2) is 6.67. The highest BCUT2D eigenvalue weighted by Crippen LogP contribution is 2.23. The number of ether oxygens (including phenoxy) is 1. The lowest BCUT2D eigenvalue weighted by Gasteiger charge is -2.09. The van der Waals surface area contributed by atoms with Crippen molar-refractivity contribution in [2.75, 3.05) is 18.1 Å². The largest absolute Gasteiger partial charge is 0.481 e. The van der Waals surface area contributed by atoms with Crippen LogP contribution in [0, 0.1) is 6.92 Å². The standard InChI is InChI=1S/C15H15BrN2O4S/c1-9-4-10(7-14(17-9)22-2)15(19)11-5-12(16)8-13(6-11)18-23(3,20)21/h4-8,18H,1-3H3. The van der Waals surface area contributed by atoms with Crippen LogP contribution >= 0.6 is 15.9 Å². The molecule has 0 radical (unpaired) electrons. The van der Waals surface area contributed by atoms with E-state index in [1.54, 1.807) is 31.2 Å². The van der Waals surface area contributed by atoms with Crippen molar-refractivity contribution in [1.29, 1.82) is 0 Å². The summed E-state index contributed by atoms with van der Waals surface area (Å²) in [4.78, 5) is 16.8. The van der Waals surface area contributed by atoms with Gasteiger partial charge < -0.3 is 4.74 Å². The molecule has 0 saturated heterocycles. The van der Waals surface area contributed by atoms with Gasteiger partial charge in [-0.2, -0.15) is 0 Å². The number of sulfonamides is 1. The number of aromatic nitrogens is 1. The zero-order chi connectivity index (χ0) is 17.2. The molecule has 0 unspecified atom stereocenters. The number of anilines is 1. The minimum atomic E-state index is -3.43. The van der Waals surface area contributed by atoms with Gasteiger partial charge in [-0.05, 0) is 31.2 Å². The van der Waals surface area contributed by atoms with Crippen molar-refractivity contribution in [3.8, 4) is 5.88 Å². The molecule has 0 saturated carbocycles. The molecule has 122 valence electrons. The Balaban J connectivity index is 2.45. The van der Waals surface area contributed by atoms with Gasteiger partial charge in [0.1, 0.15) is 0 Å². The first-order valence-electron chi connectivity index (χ1n) is 6.54. The van der Waals surface area contributed by atoms with Gasteiger partial charge in [-0.1, -0.05) is 15.9 Å². The van der Waals surface area contributed by atoms with E-state index in [1.165, 1.54) is 13.2 Å². The number of hydrogen-bond acceptors (Lipinski definition) is 5. The Bertz CT molecular complexity index is 866. The van der Waals surface area contributed by atoms with E-state index in [2.05, 4.69) is 25.6 Å². The maximum absolute atomic E-state index is 12.7. The molecule has 2 aromatic rings. The quantitative estimate of drug-likeness (QED) is 0.782. The highest BCUT2D eigenvalue weighted by molar-refractivity contribution is 9.10. The van der Waals surface area contributed by atoms with Crippen molar-refractivity contribution >= 4 is 37.4 Å². The summed E-state index contributed by atoms with van der Waals surface area (Å²) in [5.41, 5.74) is 1.72. The molecule has 0 atom stereocenters. The number of carbonyl (C=O) groups excluding carboxylic acids is 1. The van der Waals surface area contributed by atoms with Crippen molar-refractivity contribution in [2.24, 2.45) is 0 Å². The Morgan fingerprint density at radius 1 is 1.17 bits per heavy atom. The minimum Gasteiger partial charge on any atom is -0.481 e. The maximum Gasteiger partial charge on any atom is 0.229 e. The van der Waals surface area contributed by atoms with Crippen LogP contribution in [0.25, 0.3) is 0 Å². The number of pyridine rings is 1. The fourth-order valence-electron chi connectivity index (χ4n) is 2.03. The van der Waals surface area contributed by atoms with Gasteiger partial charge in [0.05, 0.1) is 19.1 Å². The van der Waals surface area contributed by atoms with E-state index >= 15 is 0 Å². The number of hydrogen-bond donors (Lipinski definition) is 1. The molecular weight excluding hydrogens is 384 g/mol. The van der Waals surface area contributed by atoms with Crippen LogP contribution < -0.4 is 9.46 Å². The second-order valence-electron chi connectivity index (χ2n) is 4.97. The number of carbonyl (C=O) groups is 1. The summed E-state index contributed by atoms with van der Waals surface area (Å²) in [5, 5.41) is 0. The van der Waals surface area contributed by atoms with Crippen molar-refractivity contribution in [2.45, 2.75) is 6.92 Å². The van der Waals surface area contributed by atoms with Gasteiger partial charge in [-0.25, -0.2) is 13.4 Å². The first kappa shape index (κ1) is 17.4. The molecule has 0 aliphatic heterocycles. The summed E-state index contributed by atoms with van der Waals surface area (Å²) in [5.74, 6) is 0.0875. The number of nitrogens with one attached hydrogen (secondary N) is 1. The average Bonchev–Trinajstić information content (AvgIpc) is 2.43. The highest BCUT2D eigenvalue weighted by atomic mass is 79.9. The van der Waals surface area contributed by atoms with Crippen molar-refractivity contribution in [3.63, 3.8) is 0 Å². The van der Waals surface area contributed by atoms with E-state index in [4.69, 9.17) is 4.74 Å². The van der Waals surface area contributed by atoms with E-state index in [0.717, 1.165) is 6.26 Å². The van der Waals surface area contributed by atoms with Crippen LogP contribution in [0.1, 0.15) is 21.6 Å². The second-order valence-corrected chi connectivity index (χ2v) is 7.64. The number of ketones is 1. The fourth-order valence-corrected chi connectivity index (χ4v) is 3.07. The first-order valence-corrected chi connectivity index (χ1v) is 9.22. The molecule has 0 bridgehead atoms. The summed E-state index contributed by atoms with van der Waals surface area (Å²) in [6.07, 6.45) is 1.05. The van der Waals surface area contributed by atoms with E-state index in [-0.39, 0.29) is 5.78 Å². The normalized spacial score (nSPS) is 11.1. The smallest absolute Gasteiger partial charge is 0.229 e. The number of halogens is 1. The van der Waals surface area contributed by atoms with Crippen LogP contribution in [-0.4, -0.2) is 32.6 Å². The Morgan fingerprint density at radius 2 is 1.83 bits per heavy atom. The Kier molecular flexibility index (Phi) is 5.06. The zero-order valence-electron chi connectivity index (χ0n) is 12.8. The van der Waals surface area contributed by atoms with Gasteiger partial charge in [0.25, 0.3) is 0 Å². The summed E-state index contributed by atoms with van der Waals surface area (Å²) in [7, 11) is -1.96. The molecule has 0 aliphatic carbocycles. The van der Waals surface area contributed by atoms with E-state index in [1.807, 2.05) is 0 Å². The molecule has 0 amide bonds. The Hall–Kier alpha value is -1.93. The van der Waals surface area contributed by atoms with Gasteiger partial charge in [0.2, 0.25) is 15.9 Å². The molecule has 1 aromatic carbocycles. The minimum absolute atomic E-state index is 0.258. The molecule has 1 heterocycles. The lowest BCUT2D eigenvalue weighted by Crippen LogP contribution is -2.11. The molecular formula is C15H15BrN2O4S. The summed E-state index contributed by atoms with van der Waals surface area (Å²) >= 11 is 3.28. The van der Waals surface area contributed by atoms with Crippen molar-refractivity contribution in [3.05, 3.63) is 51.6 Å². The molecule has 1 N–H and O–H groups in total. The molecule has 0 aliphatic rings. The number of aryl methyl sites for hydroxylation is 1.